The Balaban J connectivity index is 2.58. The van der Waals surface area contributed by atoms with Crippen molar-refractivity contribution in [3.63, 3.8) is 0 Å². The zero-order valence-electron chi connectivity index (χ0n) is 11.3. The molecule has 0 spiro atoms. The molecule has 0 fully saturated rings. The zero-order chi connectivity index (χ0) is 15.3. The number of carboxylic acids is 1. The Labute approximate surface area is 115 Å². The number of carbonyl (C=O) groups is 2. The maximum absolute atomic E-state index is 11.9. The second-order valence-corrected chi connectivity index (χ2v) is 4.55. The van der Waals surface area contributed by atoms with Gasteiger partial charge in [0, 0.05) is 18.5 Å². The third kappa shape index (κ3) is 4.08. The van der Waals surface area contributed by atoms with Crippen molar-refractivity contribution in [3.8, 4) is 0 Å². The molecule has 0 saturated heterocycles. The highest BCUT2D eigenvalue weighted by molar-refractivity contribution is 5.93. The van der Waals surface area contributed by atoms with Crippen LogP contribution in [0.15, 0.2) is 12.1 Å². The van der Waals surface area contributed by atoms with Gasteiger partial charge in [0.05, 0.1) is 7.05 Å². The maximum atomic E-state index is 11.9. The smallest absolute Gasteiger partial charge is 0.323 e. The van der Waals surface area contributed by atoms with Crippen LogP contribution in [0.2, 0.25) is 0 Å². The number of carbonyl (C=O) groups excluding carboxylic acids is 1. The molecule has 1 unspecified atom stereocenters. The Bertz CT molecular complexity index is 523. The molecule has 1 heterocycles. The molecule has 1 atom stereocenters. The summed E-state index contributed by atoms with van der Waals surface area (Å²) in [5, 5.41) is 21.9. The fourth-order valence-electron chi connectivity index (χ4n) is 1.84. The Morgan fingerprint density at radius 2 is 2.15 bits per heavy atom. The summed E-state index contributed by atoms with van der Waals surface area (Å²) in [7, 11) is 1.45. The summed E-state index contributed by atoms with van der Waals surface area (Å²) in [5.41, 5.74) is 0.196. The average Bonchev–Trinajstić information content (AvgIpc) is 2.70. The van der Waals surface area contributed by atoms with E-state index in [4.69, 9.17) is 5.11 Å². The van der Waals surface area contributed by atoms with Crippen LogP contribution in [0.1, 0.15) is 36.7 Å². The van der Waals surface area contributed by atoms with Crippen LogP contribution in [-0.4, -0.2) is 32.5 Å². The van der Waals surface area contributed by atoms with E-state index in [0.29, 0.717) is 12.8 Å². The van der Waals surface area contributed by atoms with Gasteiger partial charge in [-0.25, -0.2) is 4.57 Å². The highest BCUT2D eigenvalue weighted by Crippen LogP contribution is 2.15. The van der Waals surface area contributed by atoms with E-state index in [1.165, 1.54) is 23.7 Å². The lowest BCUT2D eigenvalue weighted by Crippen LogP contribution is -2.33. The number of aromatic nitrogens is 1. The molecule has 0 aliphatic heterocycles. The van der Waals surface area contributed by atoms with Crippen LogP contribution in [0.3, 0.4) is 0 Å². The lowest BCUT2D eigenvalue weighted by molar-refractivity contribution is -0.391. The highest BCUT2D eigenvalue weighted by atomic mass is 16.6. The van der Waals surface area contributed by atoms with E-state index in [1.54, 1.807) is 6.92 Å². The first-order valence-corrected chi connectivity index (χ1v) is 6.15. The van der Waals surface area contributed by atoms with Gasteiger partial charge in [-0.15, -0.1) is 0 Å². The number of aliphatic carboxylic acids is 1. The molecular weight excluding hydrogens is 266 g/mol. The minimum Gasteiger partial charge on any atom is -0.481 e. The van der Waals surface area contributed by atoms with Gasteiger partial charge in [0.1, 0.15) is 0 Å². The molecule has 8 heteroatoms. The number of nitrogens with one attached hydrogen (secondary N) is 1. The van der Waals surface area contributed by atoms with Crippen LogP contribution in [0, 0.1) is 10.1 Å². The summed E-state index contributed by atoms with van der Waals surface area (Å²) >= 11 is 0. The van der Waals surface area contributed by atoms with Crippen molar-refractivity contribution in [3.05, 3.63) is 27.9 Å². The molecule has 1 rings (SSSR count). The summed E-state index contributed by atoms with van der Waals surface area (Å²) in [5.74, 6) is -1.45. The molecule has 0 aliphatic rings. The summed E-state index contributed by atoms with van der Waals surface area (Å²) in [4.78, 5) is 32.4. The Morgan fingerprint density at radius 1 is 1.50 bits per heavy atom. The quantitative estimate of drug-likeness (QED) is 0.578. The normalized spacial score (nSPS) is 11.9. The van der Waals surface area contributed by atoms with Crippen molar-refractivity contribution in [2.75, 3.05) is 0 Å². The van der Waals surface area contributed by atoms with Gasteiger partial charge in [0.2, 0.25) is 0 Å². The number of carboxylic acid groups (broad SMARTS) is 1. The second kappa shape index (κ2) is 6.69. The maximum Gasteiger partial charge on any atom is 0.323 e. The van der Waals surface area contributed by atoms with Crippen molar-refractivity contribution in [1.29, 1.82) is 0 Å². The van der Waals surface area contributed by atoms with E-state index in [0.717, 1.165) is 0 Å². The lowest BCUT2D eigenvalue weighted by atomic mass is 10.1. The predicted octanol–water partition coefficient (Wildman–Crippen LogP) is 1.31. The molecular formula is C12H17N3O5. The van der Waals surface area contributed by atoms with E-state index in [9.17, 15) is 19.7 Å². The number of hydrogen-bond donors (Lipinski definition) is 2. The highest BCUT2D eigenvalue weighted by Gasteiger charge is 2.21. The SMILES string of the molecule is CC(CCCC(=O)O)NC(=O)c1ccc([N+](=O)[O-])n1C. The average molecular weight is 283 g/mol. The van der Waals surface area contributed by atoms with Crippen LogP contribution in [0.25, 0.3) is 0 Å². The topological polar surface area (TPSA) is 114 Å². The van der Waals surface area contributed by atoms with Crippen LogP contribution >= 0.6 is 0 Å². The summed E-state index contributed by atoms with van der Waals surface area (Å²) in [6.45, 7) is 1.76. The van der Waals surface area contributed by atoms with Crippen LogP contribution in [-0.2, 0) is 11.8 Å². The Kier molecular flexibility index (Phi) is 5.24. The largest absolute Gasteiger partial charge is 0.481 e. The molecule has 0 bridgehead atoms. The van der Waals surface area contributed by atoms with Gasteiger partial charge in [0.15, 0.2) is 5.69 Å². The third-order valence-corrected chi connectivity index (χ3v) is 2.92. The van der Waals surface area contributed by atoms with Crippen molar-refractivity contribution in [1.82, 2.24) is 9.88 Å². The first-order valence-electron chi connectivity index (χ1n) is 6.15. The minimum atomic E-state index is -0.874. The molecule has 110 valence electrons. The molecule has 2 N–H and O–H groups in total. The van der Waals surface area contributed by atoms with Gasteiger partial charge in [-0.2, -0.15) is 0 Å². The van der Waals surface area contributed by atoms with Crippen molar-refractivity contribution in [2.24, 2.45) is 7.05 Å². The van der Waals surface area contributed by atoms with Crippen molar-refractivity contribution in [2.45, 2.75) is 32.2 Å². The molecule has 1 aromatic rings. The molecule has 1 aromatic heterocycles. The predicted molar refractivity (Wildman–Crippen MR) is 70.5 cm³/mol. The Hall–Kier alpha value is -2.38. The van der Waals surface area contributed by atoms with Crippen molar-refractivity contribution < 1.29 is 19.6 Å². The number of nitrogens with zero attached hydrogens (tertiary/aromatic N) is 2. The van der Waals surface area contributed by atoms with Crippen LogP contribution < -0.4 is 5.32 Å². The molecule has 0 radical (unpaired) electrons. The molecule has 1 amide bonds. The Morgan fingerprint density at radius 3 is 2.65 bits per heavy atom. The van der Waals surface area contributed by atoms with Gasteiger partial charge >= 0.3 is 11.8 Å². The van der Waals surface area contributed by atoms with E-state index in [-0.39, 0.29) is 24.0 Å². The molecule has 8 nitrogen and oxygen atoms in total. The van der Waals surface area contributed by atoms with E-state index in [1.807, 2.05) is 0 Å². The van der Waals surface area contributed by atoms with Gasteiger partial charge in [-0.05, 0) is 30.8 Å². The fourth-order valence-corrected chi connectivity index (χ4v) is 1.84. The number of amides is 1. The first-order chi connectivity index (χ1) is 9.32. The standard InChI is InChI=1S/C12H17N3O5/c1-8(4-3-5-11(16)17)13-12(18)9-6-7-10(14(9)2)15(19)20/h6-8H,3-5H2,1-2H3,(H,13,18)(H,16,17). The van der Waals surface area contributed by atoms with E-state index >= 15 is 0 Å². The zero-order valence-corrected chi connectivity index (χ0v) is 11.3. The van der Waals surface area contributed by atoms with Crippen LogP contribution in [0.4, 0.5) is 5.82 Å². The van der Waals surface area contributed by atoms with Crippen LogP contribution in [0.5, 0.6) is 0 Å². The number of hydrogen-bond acceptors (Lipinski definition) is 4. The lowest BCUT2D eigenvalue weighted by Gasteiger charge is -2.12. The monoisotopic (exact) mass is 283 g/mol. The van der Waals surface area contributed by atoms with Gasteiger partial charge < -0.3 is 20.5 Å². The van der Waals surface area contributed by atoms with Crippen molar-refractivity contribution >= 4 is 17.7 Å². The minimum absolute atomic E-state index is 0.0514. The first kappa shape index (κ1) is 15.7. The third-order valence-electron chi connectivity index (χ3n) is 2.92. The molecule has 0 saturated carbocycles. The second-order valence-electron chi connectivity index (χ2n) is 4.55. The van der Waals surface area contributed by atoms with Gasteiger partial charge in [-0.1, -0.05) is 0 Å². The summed E-state index contributed by atoms with van der Waals surface area (Å²) in [6, 6.07) is 2.46. The molecule has 0 aromatic carbocycles. The van der Waals surface area contributed by atoms with Gasteiger partial charge in [0.25, 0.3) is 5.91 Å². The summed E-state index contributed by atoms with van der Waals surface area (Å²) in [6.07, 6.45) is 1.05. The molecule has 0 aliphatic carbocycles. The van der Waals surface area contributed by atoms with Gasteiger partial charge in [-0.3, -0.25) is 9.59 Å². The number of nitro groups is 1. The summed E-state index contributed by atoms with van der Waals surface area (Å²) < 4.78 is 1.21. The number of rotatable bonds is 7. The fraction of sp³-hybridized carbons (Fsp3) is 0.500. The van der Waals surface area contributed by atoms with E-state index in [2.05, 4.69) is 5.32 Å². The molecule has 20 heavy (non-hydrogen) atoms. The van der Waals surface area contributed by atoms with E-state index < -0.39 is 16.8 Å².